The lowest BCUT2D eigenvalue weighted by Gasteiger charge is -1.95. The van der Waals surface area contributed by atoms with Gasteiger partial charge in [0.1, 0.15) is 0 Å². The Labute approximate surface area is 73.8 Å². The first-order valence-electron chi connectivity index (χ1n) is 3.64. The predicted octanol–water partition coefficient (Wildman–Crippen LogP) is 0.417. The van der Waals surface area contributed by atoms with Crippen molar-refractivity contribution in [3.05, 3.63) is 18.3 Å². The van der Waals surface area contributed by atoms with Crippen LogP contribution in [-0.4, -0.2) is 20.1 Å². The summed E-state index contributed by atoms with van der Waals surface area (Å²) in [4.78, 5) is 11.8. The van der Waals surface area contributed by atoms with E-state index in [1.807, 2.05) is 0 Å². The molecule has 0 saturated carbocycles. The van der Waals surface area contributed by atoms with Crippen molar-refractivity contribution in [1.29, 1.82) is 0 Å². The maximum absolute atomic E-state index is 5.57. The zero-order valence-electron chi connectivity index (χ0n) is 6.93. The summed E-state index contributed by atoms with van der Waals surface area (Å²) in [5, 5.41) is 3.68. The third-order valence-corrected chi connectivity index (χ3v) is 1.47. The van der Waals surface area contributed by atoms with Crippen molar-refractivity contribution in [2.45, 2.75) is 6.92 Å². The van der Waals surface area contributed by atoms with Crippen LogP contribution in [0.2, 0.25) is 0 Å². The monoisotopic (exact) mass is 177 g/mol. The molecule has 0 saturated heterocycles. The lowest BCUT2D eigenvalue weighted by atomic mass is 10.4. The van der Waals surface area contributed by atoms with Gasteiger partial charge in [0.2, 0.25) is 11.7 Å². The van der Waals surface area contributed by atoms with Gasteiger partial charge in [0.15, 0.2) is 11.5 Å². The van der Waals surface area contributed by atoms with Crippen LogP contribution in [0, 0.1) is 6.92 Å². The van der Waals surface area contributed by atoms with Crippen LogP contribution in [0.1, 0.15) is 5.89 Å². The van der Waals surface area contributed by atoms with E-state index >= 15 is 0 Å². The minimum Gasteiger partial charge on any atom is -0.382 e. The Balaban J connectivity index is 2.52. The predicted molar refractivity (Wildman–Crippen MR) is 44.5 cm³/mol. The van der Waals surface area contributed by atoms with E-state index in [2.05, 4.69) is 20.1 Å². The molecule has 6 nitrogen and oxygen atoms in total. The normalized spacial score (nSPS) is 10.2. The lowest BCUT2D eigenvalue weighted by molar-refractivity contribution is 0.394. The average molecular weight is 177 g/mol. The molecule has 2 aromatic heterocycles. The standard InChI is InChI=1S/C7H7N5O/c1-4-11-7(12-13-4)5-6(8)10-3-2-9-5/h2-3H,1H3,(H2,8,10). The number of anilines is 1. The fourth-order valence-electron chi connectivity index (χ4n) is 0.917. The smallest absolute Gasteiger partial charge is 0.224 e. The number of nitrogens with zero attached hydrogens (tertiary/aromatic N) is 4. The molecular formula is C7H7N5O. The third-order valence-electron chi connectivity index (χ3n) is 1.47. The molecule has 0 spiro atoms. The van der Waals surface area contributed by atoms with E-state index in [-0.39, 0.29) is 0 Å². The van der Waals surface area contributed by atoms with E-state index in [1.54, 1.807) is 6.92 Å². The number of hydrogen-bond acceptors (Lipinski definition) is 6. The summed E-state index contributed by atoms with van der Waals surface area (Å²) in [6, 6.07) is 0. The van der Waals surface area contributed by atoms with Crippen LogP contribution < -0.4 is 5.73 Å². The Morgan fingerprint density at radius 1 is 1.31 bits per heavy atom. The van der Waals surface area contributed by atoms with Gasteiger partial charge in [0.05, 0.1) is 0 Å². The molecule has 0 aliphatic carbocycles. The molecule has 0 aromatic carbocycles. The summed E-state index contributed by atoms with van der Waals surface area (Å²) in [6.45, 7) is 1.70. The zero-order valence-corrected chi connectivity index (χ0v) is 6.93. The van der Waals surface area contributed by atoms with Crippen LogP contribution in [0.4, 0.5) is 5.82 Å². The molecule has 2 N–H and O–H groups in total. The zero-order chi connectivity index (χ0) is 9.26. The van der Waals surface area contributed by atoms with Gasteiger partial charge in [-0.3, -0.25) is 0 Å². The molecule has 0 bridgehead atoms. The largest absolute Gasteiger partial charge is 0.382 e. The van der Waals surface area contributed by atoms with Crippen LogP contribution in [0.25, 0.3) is 11.5 Å². The first-order valence-corrected chi connectivity index (χ1v) is 3.64. The lowest BCUT2D eigenvalue weighted by Crippen LogP contribution is -1.96. The SMILES string of the molecule is Cc1nc(-c2nccnc2N)no1. The van der Waals surface area contributed by atoms with E-state index in [0.717, 1.165) is 0 Å². The second-order valence-corrected chi connectivity index (χ2v) is 2.43. The van der Waals surface area contributed by atoms with Crippen molar-refractivity contribution in [2.24, 2.45) is 0 Å². The fourth-order valence-corrected chi connectivity index (χ4v) is 0.917. The van der Waals surface area contributed by atoms with Gasteiger partial charge in [-0.2, -0.15) is 4.98 Å². The number of hydrogen-bond donors (Lipinski definition) is 1. The minimum atomic E-state index is 0.295. The van der Waals surface area contributed by atoms with Gasteiger partial charge in [-0.1, -0.05) is 5.16 Å². The van der Waals surface area contributed by atoms with Gasteiger partial charge in [-0.15, -0.1) is 0 Å². The summed E-state index contributed by atoms with van der Waals surface area (Å²) in [7, 11) is 0. The average Bonchev–Trinajstić information content (AvgIpc) is 2.53. The van der Waals surface area contributed by atoms with Gasteiger partial charge >= 0.3 is 0 Å². The van der Waals surface area contributed by atoms with Crippen molar-refractivity contribution in [2.75, 3.05) is 5.73 Å². The van der Waals surface area contributed by atoms with Crippen LogP contribution in [0.5, 0.6) is 0 Å². The Hall–Kier alpha value is -1.98. The molecule has 0 atom stereocenters. The van der Waals surface area contributed by atoms with Crippen molar-refractivity contribution in [1.82, 2.24) is 20.1 Å². The summed E-state index contributed by atoms with van der Waals surface area (Å²) in [5.41, 5.74) is 6.01. The second kappa shape index (κ2) is 2.81. The number of rotatable bonds is 1. The molecule has 6 heteroatoms. The molecule has 0 fully saturated rings. The molecule has 0 aliphatic heterocycles. The van der Waals surface area contributed by atoms with Crippen molar-refractivity contribution < 1.29 is 4.52 Å². The maximum atomic E-state index is 5.57. The van der Waals surface area contributed by atoms with Gasteiger partial charge in [-0.05, 0) is 0 Å². The molecule has 0 aliphatic rings. The van der Waals surface area contributed by atoms with Crippen LogP contribution in [0.15, 0.2) is 16.9 Å². The van der Waals surface area contributed by atoms with Crippen LogP contribution in [-0.2, 0) is 0 Å². The molecule has 13 heavy (non-hydrogen) atoms. The minimum absolute atomic E-state index is 0.295. The maximum Gasteiger partial charge on any atom is 0.224 e. The Morgan fingerprint density at radius 3 is 2.69 bits per heavy atom. The summed E-state index contributed by atoms with van der Waals surface area (Å²) < 4.78 is 4.79. The number of nitrogens with two attached hydrogens (primary N) is 1. The van der Waals surface area contributed by atoms with Gasteiger partial charge in [0, 0.05) is 19.3 Å². The highest BCUT2D eigenvalue weighted by Gasteiger charge is 2.10. The second-order valence-electron chi connectivity index (χ2n) is 2.43. The van der Waals surface area contributed by atoms with Crippen molar-refractivity contribution in [3.63, 3.8) is 0 Å². The van der Waals surface area contributed by atoms with E-state index in [9.17, 15) is 0 Å². The third kappa shape index (κ3) is 1.33. The highest BCUT2D eigenvalue weighted by Crippen LogP contribution is 2.16. The van der Waals surface area contributed by atoms with Gasteiger partial charge in [0.25, 0.3) is 0 Å². The highest BCUT2D eigenvalue weighted by atomic mass is 16.5. The highest BCUT2D eigenvalue weighted by molar-refractivity contribution is 5.62. The first-order chi connectivity index (χ1) is 6.27. The van der Waals surface area contributed by atoms with Crippen LogP contribution in [0.3, 0.4) is 0 Å². The molecular weight excluding hydrogens is 170 g/mol. The van der Waals surface area contributed by atoms with Crippen molar-refractivity contribution in [3.8, 4) is 11.5 Å². The Bertz CT molecular complexity index is 424. The molecule has 0 radical (unpaired) electrons. The van der Waals surface area contributed by atoms with Gasteiger partial charge < -0.3 is 10.3 Å². The fraction of sp³-hybridized carbons (Fsp3) is 0.143. The summed E-state index contributed by atoms with van der Waals surface area (Å²) in [5.74, 6) is 1.13. The number of aromatic nitrogens is 4. The number of aryl methyl sites for hydroxylation is 1. The summed E-state index contributed by atoms with van der Waals surface area (Å²) in [6.07, 6.45) is 3.03. The first kappa shape index (κ1) is 7.66. The molecule has 0 amide bonds. The van der Waals surface area contributed by atoms with E-state index in [4.69, 9.17) is 10.3 Å². The molecule has 2 rings (SSSR count). The van der Waals surface area contributed by atoms with Gasteiger partial charge in [-0.25, -0.2) is 9.97 Å². The molecule has 2 aromatic rings. The quantitative estimate of drug-likeness (QED) is 0.678. The molecule has 0 unspecified atom stereocenters. The number of nitrogen functional groups attached to an aromatic ring is 1. The Morgan fingerprint density at radius 2 is 2.08 bits per heavy atom. The van der Waals surface area contributed by atoms with E-state index < -0.39 is 0 Å². The summed E-state index contributed by atoms with van der Waals surface area (Å²) >= 11 is 0. The molecule has 66 valence electrons. The topological polar surface area (TPSA) is 90.7 Å². The van der Waals surface area contributed by atoms with Crippen molar-refractivity contribution >= 4 is 5.82 Å². The van der Waals surface area contributed by atoms with Crippen LogP contribution >= 0.6 is 0 Å². The van der Waals surface area contributed by atoms with E-state index in [1.165, 1.54) is 12.4 Å². The Kier molecular flexibility index (Phi) is 1.66. The molecule has 2 heterocycles. The van der Waals surface area contributed by atoms with E-state index in [0.29, 0.717) is 23.2 Å².